The van der Waals surface area contributed by atoms with E-state index < -0.39 is 11.7 Å². The number of alkyl carbamates (subject to hydrolysis) is 1. The second-order valence-corrected chi connectivity index (χ2v) is 4.32. The van der Waals surface area contributed by atoms with Crippen molar-refractivity contribution in [2.24, 2.45) is 0 Å². The third-order valence-electron chi connectivity index (χ3n) is 1.67. The summed E-state index contributed by atoms with van der Waals surface area (Å²) in [7, 11) is 0. The maximum absolute atomic E-state index is 11.3. The SMILES string of the molecule is CC(C)(C)OC(=O)NCc1ncccc1O. The quantitative estimate of drug-likeness (QED) is 0.803. The summed E-state index contributed by atoms with van der Waals surface area (Å²) in [5, 5.41) is 11.9. The molecule has 0 bridgehead atoms. The first-order chi connectivity index (χ1) is 7.38. The highest BCUT2D eigenvalue weighted by Crippen LogP contribution is 2.12. The first-order valence-corrected chi connectivity index (χ1v) is 4.98. The Hall–Kier alpha value is -1.78. The molecule has 88 valence electrons. The summed E-state index contributed by atoms with van der Waals surface area (Å²) in [6, 6.07) is 3.13. The smallest absolute Gasteiger partial charge is 0.407 e. The lowest BCUT2D eigenvalue weighted by atomic mass is 10.2. The summed E-state index contributed by atoms with van der Waals surface area (Å²) in [5.74, 6) is 0.0542. The van der Waals surface area contributed by atoms with Gasteiger partial charge in [-0.2, -0.15) is 0 Å². The van der Waals surface area contributed by atoms with E-state index in [1.54, 1.807) is 33.0 Å². The Kier molecular flexibility index (Phi) is 3.71. The number of rotatable bonds is 2. The number of carbonyl (C=O) groups is 1. The van der Waals surface area contributed by atoms with E-state index in [9.17, 15) is 9.90 Å². The molecule has 0 aliphatic heterocycles. The zero-order valence-corrected chi connectivity index (χ0v) is 9.65. The van der Waals surface area contributed by atoms with Gasteiger partial charge in [0, 0.05) is 6.20 Å². The van der Waals surface area contributed by atoms with Gasteiger partial charge in [-0.1, -0.05) is 0 Å². The van der Waals surface area contributed by atoms with Crippen molar-refractivity contribution in [3.05, 3.63) is 24.0 Å². The highest BCUT2D eigenvalue weighted by Gasteiger charge is 2.16. The molecule has 0 radical (unpaired) electrons. The van der Waals surface area contributed by atoms with Crippen molar-refractivity contribution in [2.45, 2.75) is 32.9 Å². The van der Waals surface area contributed by atoms with Crippen molar-refractivity contribution in [2.75, 3.05) is 0 Å². The molecule has 0 spiro atoms. The number of aromatic nitrogens is 1. The molecule has 1 aromatic heterocycles. The lowest BCUT2D eigenvalue weighted by molar-refractivity contribution is 0.0522. The molecule has 5 heteroatoms. The Labute approximate surface area is 94.5 Å². The summed E-state index contributed by atoms with van der Waals surface area (Å²) in [6.45, 7) is 5.49. The predicted octanol–water partition coefficient (Wildman–Crippen LogP) is 1.81. The summed E-state index contributed by atoms with van der Waals surface area (Å²) in [5.41, 5.74) is -0.121. The maximum Gasteiger partial charge on any atom is 0.407 e. The Balaban J connectivity index is 2.47. The van der Waals surface area contributed by atoms with Gasteiger partial charge in [-0.05, 0) is 32.9 Å². The largest absolute Gasteiger partial charge is 0.506 e. The highest BCUT2D eigenvalue weighted by atomic mass is 16.6. The minimum Gasteiger partial charge on any atom is -0.506 e. The van der Waals surface area contributed by atoms with Crippen LogP contribution in [0.2, 0.25) is 0 Å². The zero-order valence-electron chi connectivity index (χ0n) is 9.65. The van der Waals surface area contributed by atoms with Crippen LogP contribution in [0.25, 0.3) is 0 Å². The molecule has 0 atom stereocenters. The number of pyridine rings is 1. The van der Waals surface area contributed by atoms with Gasteiger partial charge < -0.3 is 15.2 Å². The maximum atomic E-state index is 11.3. The van der Waals surface area contributed by atoms with Crippen LogP contribution in [-0.4, -0.2) is 21.8 Å². The topological polar surface area (TPSA) is 71.5 Å². The van der Waals surface area contributed by atoms with Gasteiger partial charge in [-0.15, -0.1) is 0 Å². The fraction of sp³-hybridized carbons (Fsp3) is 0.455. The van der Waals surface area contributed by atoms with Gasteiger partial charge in [0.05, 0.1) is 6.54 Å². The number of carbonyl (C=O) groups excluding carboxylic acids is 1. The number of nitrogens with zero attached hydrogens (tertiary/aromatic N) is 1. The van der Waals surface area contributed by atoms with Crippen LogP contribution in [0.1, 0.15) is 26.5 Å². The lowest BCUT2D eigenvalue weighted by Gasteiger charge is -2.19. The van der Waals surface area contributed by atoms with Crippen molar-refractivity contribution < 1.29 is 14.6 Å². The molecule has 0 unspecified atom stereocenters. The van der Waals surface area contributed by atoms with Crippen molar-refractivity contribution in [1.82, 2.24) is 10.3 Å². The molecule has 1 aromatic rings. The number of hydrogen-bond acceptors (Lipinski definition) is 4. The van der Waals surface area contributed by atoms with Gasteiger partial charge in [0.15, 0.2) is 0 Å². The number of nitrogens with one attached hydrogen (secondary N) is 1. The Morgan fingerprint density at radius 2 is 2.25 bits per heavy atom. The molecule has 0 aliphatic carbocycles. The normalized spacial score (nSPS) is 10.9. The molecule has 1 rings (SSSR count). The molecule has 16 heavy (non-hydrogen) atoms. The molecular weight excluding hydrogens is 208 g/mol. The van der Waals surface area contributed by atoms with Gasteiger partial charge in [0.1, 0.15) is 17.0 Å². The fourth-order valence-corrected chi connectivity index (χ4v) is 1.04. The fourth-order valence-electron chi connectivity index (χ4n) is 1.04. The molecule has 0 aliphatic rings. The lowest BCUT2D eigenvalue weighted by Crippen LogP contribution is -2.32. The van der Waals surface area contributed by atoms with Crippen LogP contribution in [0.3, 0.4) is 0 Å². The Morgan fingerprint density at radius 1 is 1.56 bits per heavy atom. The zero-order chi connectivity index (χ0) is 12.2. The van der Waals surface area contributed by atoms with E-state index in [0.717, 1.165) is 0 Å². The van der Waals surface area contributed by atoms with Gasteiger partial charge in [-0.3, -0.25) is 4.98 Å². The average Bonchev–Trinajstić information content (AvgIpc) is 2.14. The van der Waals surface area contributed by atoms with Crippen LogP contribution in [0.15, 0.2) is 18.3 Å². The van der Waals surface area contributed by atoms with Crippen molar-refractivity contribution >= 4 is 6.09 Å². The molecule has 1 amide bonds. The van der Waals surface area contributed by atoms with E-state index in [2.05, 4.69) is 10.3 Å². The number of aromatic hydroxyl groups is 1. The summed E-state index contributed by atoms with van der Waals surface area (Å²) in [4.78, 5) is 15.2. The van der Waals surface area contributed by atoms with Gasteiger partial charge in [0.25, 0.3) is 0 Å². The number of hydrogen-bond donors (Lipinski definition) is 2. The van der Waals surface area contributed by atoms with Crippen LogP contribution >= 0.6 is 0 Å². The van der Waals surface area contributed by atoms with Crippen LogP contribution < -0.4 is 5.32 Å². The first-order valence-electron chi connectivity index (χ1n) is 4.98. The van der Waals surface area contributed by atoms with E-state index in [1.807, 2.05) is 0 Å². The van der Waals surface area contributed by atoms with E-state index in [1.165, 1.54) is 6.07 Å². The van der Waals surface area contributed by atoms with Crippen LogP contribution in [0.5, 0.6) is 5.75 Å². The first kappa shape index (κ1) is 12.3. The molecule has 0 saturated carbocycles. The highest BCUT2D eigenvalue weighted by molar-refractivity contribution is 5.67. The average molecular weight is 224 g/mol. The van der Waals surface area contributed by atoms with E-state index in [0.29, 0.717) is 5.69 Å². The molecular formula is C11H16N2O3. The second kappa shape index (κ2) is 4.83. The standard InChI is InChI=1S/C11H16N2O3/c1-11(2,3)16-10(15)13-7-8-9(14)5-4-6-12-8/h4-6,14H,7H2,1-3H3,(H,13,15). The monoisotopic (exact) mass is 224 g/mol. The summed E-state index contributed by atoms with van der Waals surface area (Å²) in [6.07, 6.45) is 1.02. The third kappa shape index (κ3) is 4.16. The number of ether oxygens (including phenoxy) is 1. The molecule has 2 N–H and O–H groups in total. The van der Waals surface area contributed by atoms with Gasteiger partial charge in [-0.25, -0.2) is 4.79 Å². The summed E-state index contributed by atoms with van der Waals surface area (Å²) < 4.78 is 5.04. The van der Waals surface area contributed by atoms with Gasteiger partial charge >= 0.3 is 6.09 Å². The third-order valence-corrected chi connectivity index (χ3v) is 1.67. The van der Waals surface area contributed by atoms with Gasteiger partial charge in [0.2, 0.25) is 0 Å². The van der Waals surface area contributed by atoms with Crippen molar-refractivity contribution in [1.29, 1.82) is 0 Å². The number of amides is 1. The van der Waals surface area contributed by atoms with Crippen LogP contribution in [0.4, 0.5) is 4.79 Å². The molecule has 0 saturated heterocycles. The summed E-state index contributed by atoms with van der Waals surface area (Å²) >= 11 is 0. The Bertz CT molecular complexity index is 372. The van der Waals surface area contributed by atoms with Crippen molar-refractivity contribution in [3.63, 3.8) is 0 Å². The molecule has 0 fully saturated rings. The van der Waals surface area contributed by atoms with E-state index >= 15 is 0 Å². The molecule has 0 aromatic carbocycles. The molecule has 5 nitrogen and oxygen atoms in total. The minimum absolute atomic E-state index is 0.0542. The predicted molar refractivity (Wildman–Crippen MR) is 59.0 cm³/mol. The Morgan fingerprint density at radius 3 is 2.81 bits per heavy atom. The van der Waals surface area contributed by atoms with E-state index in [-0.39, 0.29) is 12.3 Å². The minimum atomic E-state index is -0.532. The molecule has 1 heterocycles. The second-order valence-electron chi connectivity index (χ2n) is 4.32. The van der Waals surface area contributed by atoms with E-state index in [4.69, 9.17) is 4.74 Å². The van der Waals surface area contributed by atoms with Crippen molar-refractivity contribution in [3.8, 4) is 5.75 Å². The van der Waals surface area contributed by atoms with Crippen LogP contribution in [-0.2, 0) is 11.3 Å². The van der Waals surface area contributed by atoms with Crippen LogP contribution in [0, 0.1) is 0 Å².